The Morgan fingerprint density at radius 2 is 1.79 bits per heavy atom. The van der Waals surface area contributed by atoms with Crippen molar-refractivity contribution in [1.82, 2.24) is 20.2 Å². The van der Waals surface area contributed by atoms with Crippen LogP contribution in [0.15, 0.2) is 48.5 Å². The number of aromatic nitrogens is 2. The van der Waals surface area contributed by atoms with Gasteiger partial charge in [-0.25, -0.2) is 14.4 Å². The molecule has 4 aromatic rings. The summed E-state index contributed by atoms with van der Waals surface area (Å²) in [5.74, 6) is 1.67. The van der Waals surface area contributed by atoms with Crippen LogP contribution in [0.3, 0.4) is 0 Å². The van der Waals surface area contributed by atoms with Crippen molar-refractivity contribution in [3.8, 4) is 11.1 Å². The van der Waals surface area contributed by atoms with Gasteiger partial charge < -0.3 is 15.0 Å². The second-order valence-corrected chi connectivity index (χ2v) is 13.3. The molecule has 218 valence electrons. The van der Waals surface area contributed by atoms with Crippen molar-refractivity contribution in [2.75, 3.05) is 37.7 Å². The maximum Gasteiger partial charge on any atom is 0.158 e. The van der Waals surface area contributed by atoms with Gasteiger partial charge in [0.15, 0.2) is 5.82 Å². The predicted molar refractivity (Wildman–Crippen MR) is 167 cm³/mol. The van der Waals surface area contributed by atoms with Crippen molar-refractivity contribution in [3.05, 3.63) is 65.2 Å². The number of hydrogen-bond donors (Lipinski definition) is 1. The minimum atomic E-state index is -0.363. The molecule has 0 saturated carbocycles. The van der Waals surface area contributed by atoms with E-state index in [1.807, 2.05) is 48.5 Å². The number of nitrogens with zero attached hydrogens (tertiary/aromatic N) is 4. The molecule has 1 N–H and O–H groups in total. The van der Waals surface area contributed by atoms with E-state index in [0.717, 1.165) is 61.4 Å². The zero-order valence-electron chi connectivity index (χ0n) is 24.0. The average molecular weight is 586 g/mol. The molecule has 5 unspecified atom stereocenters. The maximum absolute atomic E-state index is 16.8. The second-order valence-electron chi connectivity index (χ2n) is 12.9. The zero-order chi connectivity index (χ0) is 28.4. The van der Waals surface area contributed by atoms with E-state index in [0.29, 0.717) is 63.8 Å². The van der Waals surface area contributed by atoms with Gasteiger partial charge in [0.1, 0.15) is 17.2 Å². The van der Waals surface area contributed by atoms with Gasteiger partial charge in [-0.15, -0.1) is 0 Å². The number of halogens is 2. The van der Waals surface area contributed by atoms with Crippen molar-refractivity contribution in [2.45, 2.75) is 63.2 Å². The summed E-state index contributed by atoms with van der Waals surface area (Å²) in [6.45, 7) is 6.81. The fraction of sp³-hybridized carbons (Fsp3) is 0.471. The summed E-state index contributed by atoms with van der Waals surface area (Å²) in [7, 11) is 0. The average Bonchev–Trinajstić information content (AvgIpc) is 3.36. The van der Waals surface area contributed by atoms with Crippen LogP contribution in [-0.4, -0.2) is 71.9 Å². The van der Waals surface area contributed by atoms with Crippen molar-refractivity contribution in [2.24, 2.45) is 5.92 Å². The fourth-order valence-electron chi connectivity index (χ4n) is 7.78. The van der Waals surface area contributed by atoms with Gasteiger partial charge in [0.2, 0.25) is 0 Å². The molecule has 4 saturated heterocycles. The smallest absolute Gasteiger partial charge is 0.158 e. The number of anilines is 1. The first-order chi connectivity index (χ1) is 20.5. The number of ether oxygens (including phenoxy) is 1. The van der Waals surface area contributed by atoms with Crippen LogP contribution >= 0.6 is 11.6 Å². The Kier molecular flexibility index (Phi) is 6.82. The normalized spacial score (nSPS) is 26.1. The molecule has 3 aromatic carbocycles. The predicted octanol–water partition coefficient (Wildman–Crippen LogP) is 6.22. The van der Waals surface area contributed by atoms with Gasteiger partial charge in [-0.1, -0.05) is 61.0 Å². The van der Waals surface area contributed by atoms with E-state index >= 15 is 4.39 Å². The van der Waals surface area contributed by atoms with Crippen molar-refractivity contribution < 1.29 is 9.13 Å². The van der Waals surface area contributed by atoms with E-state index in [1.54, 1.807) is 0 Å². The van der Waals surface area contributed by atoms with Crippen LogP contribution < -0.4 is 10.2 Å². The van der Waals surface area contributed by atoms with E-state index in [9.17, 15) is 0 Å². The molecular weight excluding hydrogens is 549 g/mol. The van der Waals surface area contributed by atoms with E-state index in [1.165, 1.54) is 19.3 Å². The molecule has 0 radical (unpaired) electrons. The third-order valence-electron chi connectivity index (χ3n) is 9.97. The lowest BCUT2D eigenvalue weighted by molar-refractivity contribution is -0.131. The van der Waals surface area contributed by atoms with E-state index < -0.39 is 0 Å². The zero-order valence-corrected chi connectivity index (χ0v) is 24.8. The quantitative estimate of drug-likeness (QED) is 0.278. The first-order valence-corrected chi connectivity index (χ1v) is 15.9. The first-order valence-electron chi connectivity index (χ1n) is 15.5. The Morgan fingerprint density at radius 3 is 2.57 bits per heavy atom. The molecule has 4 fully saturated rings. The Balaban J connectivity index is 1.18. The molecule has 1 aromatic heterocycles. The van der Waals surface area contributed by atoms with Crippen molar-refractivity contribution >= 4 is 39.1 Å². The standard InChI is InChI=1S/C34H37ClFN5O/c1-20(15-41-24-13-25(41)19-42-18-24)9-12-30-38-33-28(34(39-30)40-16-22-10-11-23(17-40)37-22)14-29(35)31(32(33)36)27-8-4-6-21-5-2-3-7-26(21)27/h2-8,14,20,22-25,37H,9-13,15-19H2,1H3. The van der Waals surface area contributed by atoms with Gasteiger partial charge >= 0.3 is 0 Å². The Labute approximate surface area is 251 Å². The summed E-state index contributed by atoms with van der Waals surface area (Å²) in [5, 5.41) is 6.83. The Morgan fingerprint density at radius 1 is 1.02 bits per heavy atom. The minimum Gasteiger partial charge on any atom is -0.378 e. The number of nitrogens with one attached hydrogen (secondary N) is 1. The number of fused-ring (bicyclic) bond motifs is 6. The van der Waals surface area contributed by atoms with Crippen LogP contribution in [0.5, 0.6) is 0 Å². The lowest BCUT2D eigenvalue weighted by Crippen LogP contribution is -2.64. The van der Waals surface area contributed by atoms with Gasteiger partial charge in [-0.2, -0.15) is 0 Å². The largest absolute Gasteiger partial charge is 0.378 e. The molecule has 8 rings (SSSR count). The molecule has 8 heteroatoms. The van der Waals surface area contributed by atoms with E-state index in [-0.39, 0.29) is 5.82 Å². The summed E-state index contributed by atoms with van der Waals surface area (Å²) in [4.78, 5) is 15.0. The molecule has 0 spiro atoms. The third-order valence-corrected chi connectivity index (χ3v) is 10.3. The molecule has 5 atom stereocenters. The van der Waals surface area contributed by atoms with Gasteiger partial charge in [-0.05, 0) is 54.0 Å². The number of aryl methyl sites for hydroxylation is 1. The molecule has 5 heterocycles. The van der Waals surface area contributed by atoms with Crippen LogP contribution in [0.2, 0.25) is 5.02 Å². The summed E-state index contributed by atoms with van der Waals surface area (Å²) in [6, 6.07) is 17.9. The van der Waals surface area contributed by atoms with Gasteiger partial charge in [-0.3, -0.25) is 4.90 Å². The van der Waals surface area contributed by atoms with Crippen LogP contribution in [0.25, 0.3) is 32.8 Å². The summed E-state index contributed by atoms with van der Waals surface area (Å²) < 4.78 is 22.4. The third kappa shape index (κ3) is 4.66. The van der Waals surface area contributed by atoms with Crippen molar-refractivity contribution in [3.63, 3.8) is 0 Å². The number of piperazine rings is 1. The molecule has 4 aliphatic rings. The van der Waals surface area contributed by atoms with Crippen LogP contribution in [-0.2, 0) is 11.2 Å². The van der Waals surface area contributed by atoms with Crippen molar-refractivity contribution in [1.29, 1.82) is 0 Å². The minimum absolute atomic E-state index is 0.363. The van der Waals surface area contributed by atoms with Crippen LogP contribution in [0.4, 0.5) is 10.2 Å². The molecule has 0 amide bonds. The van der Waals surface area contributed by atoms with Gasteiger partial charge in [0.25, 0.3) is 0 Å². The van der Waals surface area contributed by atoms with Gasteiger partial charge in [0, 0.05) is 61.2 Å². The maximum atomic E-state index is 16.8. The number of benzene rings is 3. The Bertz CT molecular complexity index is 1630. The number of rotatable bonds is 7. The van der Waals surface area contributed by atoms with Gasteiger partial charge in [0.05, 0.1) is 18.2 Å². The fourth-order valence-corrected chi connectivity index (χ4v) is 8.07. The summed E-state index contributed by atoms with van der Waals surface area (Å²) in [6.07, 6.45) is 5.27. The first kappa shape index (κ1) is 26.8. The second kappa shape index (κ2) is 10.7. The molecule has 4 bridgehead atoms. The highest BCUT2D eigenvalue weighted by atomic mass is 35.5. The molecular formula is C34H37ClFN5O. The Hall–Kier alpha value is -2.84. The lowest BCUT2D eigenvalue weighted by Gasteiger charge is -2.53. The highest BCUT2D eigenvalue weighted by Crippen LogP contribution is 2.41. The molecule has 4 aliphatic heterocycles. The van der Waals surface area contributed by atoms with Crippen LogP contribution in [0, 0.1) is 11.7 Å². The highest BCUT2D eigenvalue weighted by molar-refractivity contribution is 6.35. The molecule has 6 nitrogen and oxygen atoms in total. The summed E-state index contributed by atoms with van der Waals surface area (Å²) in [5.41, 5.74) is 1.57. The summed E-state index contributed by atoms with van der Waals surface area (Å²) >= 11 is 6.93. The number of hydrogen-bond acceptors (Lipinski definition) is 6. The molecule has 0 aliphatic carbocycles. The molecule has 42 heavy (non-hydrogen) atoms. The highest BCUT2D eigenvalue weighted by Gasteiger charge is 2.42. The van der Waals surface area contributed by atoms with Crippen LogP contribution in [0.1, 0.15) is 38.4 Å². The van der Waals surface area contributed by atoms with E-state index in [4.69, 9.17) is 26.3 Å². The SMILES string of the molecule is CC(CCc1nc(N2CC3CCC(C2)N3)c2cc(Cl)c(-c3cccc4ccccc34)c(F)c2n1)CN1C2COCC1C2. The topological polar surface area (TPSA) is 53.5 Å². The monoisotopic (exact) mass is 585 g/mol. The lowest BCUT2D eigenvalue weighted by atomic mass is 9.89. The number of morpholine rings is 1. The van der Waals surface area contributed by atoms with E-state index in [2.05, 4.69) is 22.0 Å².